The van der Waals surface area contributed by atoms with E-state index >= 15 is 0 Å². The van der Waals surface area contributed by atoms with Crippen LogP contribution in [-0.2, 0) is 26.2 Å². The van der Waals surface area contributed by atoms with E-state index < -0.39 is 0 Å². The Morgan fingerprint density at radius 3 is 1.19 bits per heavy atom. The number of carbonyl (C=O) groups is 2. The summed E-state index contributed by atoms with van der Waals surface area (Å²) in [5, 5.41) is 0. The van der Waals surface area contributed by atoms with Crippen LogP contribution in [0.5, 0.6) is 23.0 Å². The number of hydrogen-bond acceptors (Lipinski definition) is 7. The molecule has 0 fully saturated rings. The summed E-state index contributed by atoms with van der Waals surface area (Å²) in [6.07, 6.45) is 1.50. The van der Waals surface area contributed by atoms with Gasteiger partial charge in [-0.1, -0.05) is 72.8 Å². The quantitative estimate of drug-likeness (QED) is 0.131. The predicted molar refractivity (Wildman–Crippen MR) is 183 cm³/mol. The van der Waals surface area contributed by atoms with Crippen LogP contribution in [0.1, 0.15) is 43.1 Å². The number of amides is 2. The van der Waals surface area contributed by atoms with E-state index in [0.717, 1.165) is 22.3 Å². The van der Waals surface area contributed by atoms with Gasteiger partial charge in [0.25, 0.3) is 11.8 Å². The van der Waals surface area contributed by atoms with Gasteiger partial charge in [0.1, 0.15) is 28.7 Å². The van der Waals surface area contributed by atoms with Crippen molar-refractivity contribution in [2.45, 2.75) is 26.2 Å². The van der Waals surface area contributed by atoms with Gasteiger partial charge in [0.05, 0.1) is 41.5 Å². The Balaban J connectivity index is 1.49. The first-order valence-electron chi connectivity index (χ1n) is 15.5. The van der Waals surface area contributed by atoms with E-state index in [4.69, 9.17) is 18.9 Å². The molecule has 1 aromatic heterocycles. The highest BCUT2D eigenvalue weighted by atomic mass is 16.5. The van der Waals surface area contributed by atoms with Gasteiger partial charge in [-0.25, -0.2) is 0 Å². The first-order chi connectivity index (χ1) is 23.4. The van der Waals surface area contributed by atoms with Gasteiger partial charge in [-0.3, -0.25) is 14.6 Å². The molecule has 4 aromatic carbocycles. The lowest BCUT2D eigenvalue weighted by atomic mass is 10.1. The van der Waals surface area contributed by atoms with Gasteiger partial charge in [0, 0.05) is 47.1 Å². The maximum absolute atomic E-state index is 14.3. The lowest BCUT2D eigenvalue weighted by molar-refractivity contribution is 0.0720. The van der Waals surface area contributed by atoms with E-state index in [1.807, 2.05) is 97.1 Å². The van der Waals surface area contributed by atoms with E-state index in [9.17, 15) is 9.59 Å². The van der Waals surface area contributed by atoms with Crippen LogP contribution in [0.4, 0.5) is 0 Å². The maximum atomic E-state index is 14.3. The predicted octanol–water partition coefficient (Wildman–Crippen LogP) is 6.80. The molecular weight excluding hydrogens is 606 g/mol. The number of nitrogens with zero attached hydrogens (tertiary/aromatic N) is 3. The number of carbonyl (C=O) groups excluding carboxylic acids is 2. The molecule has 0 atom stereocenters. The van der Waals surface area contributed by atoms with Gasteiger partial charge in [-0.2, -0.15) is 0 Å². The molecule has 0 saturated heterocycles. The Bertz CT molecular complexity index is 1630. The van der Waals surface area contributed by atoms with Crippen molar-refractivity contribution < 1.29 is 28.5 Å². The molecule has 0 spiro atoms. The summed E-state index contributed by atoms with van der Waals surface area (Å²) in [7, 11) is 6.41. The van der Waals surface area contributed by atoms with Gasteiger partial charge in [-0.05, 0) is 36.4 Å². The largest absolute Gasteiger partial charge is 0.496 e. The number of aromatic nitrogens is 1. The molecule has 0 aliphatic heterocycles. The lowest BCUT2D eigenvalue weighted by Crippen LogP contribution is -2.33. The normalized spacial score (nSPS) is 10.6. The second-order valence-electron chi connectivity index (χ2n) is 11.0. The van der Waals surface area contributed by atoms with Crippen molar-refractivity contribution in [3.8, 4) is 23.0 Å². The molecule has 0 radical (unpaired) electrons. The van der Waals surface area contributed by atoms with E-state index in [0.29, 0.717) is 28.6 Å². The molecule has 2 amide bonds. The fraction of sp³-hybridized carbons (Fsp3) is 0.205. The van der Waals surface area contributed by atoms with Crippen molar-refractivity contribution in [1.82, 2.24) is 14.8 Å². The molecule has 246 valence electrons. The van der Waals surface area contributed by atoms with Crippen LogP contribution in [0, 0.1) is 0 Å². The molecular formula is C39H39N3O6. The molecule has 0 N–H and O–H groups in total. The maximum Gasteiger partial charge on any atom is 0.273 e. The number of benzene rings is 4. The fourth-order valence-electron chi connectivity index (χ4n) is 5.58. The van der Waals surface area contributed by atoms with Crippen LogP contribution in [0.2, 0.25) is 0 Å². The Morgan fingerprint density at radius 2 is 0.833 bits per heavy atom. The third-order valence-electron chi connectivity index (χ3n) is 8.02. The molecule has 0 unspecified atom stereocenters. The van der Waals surface area contributed by atoms with Crippen LogP contribution in [0.3, 0.4) is 0 Å². The van der Waals surface area contributed by atoms with E-state index in [2.05, 4.69) is 4.98 Å². The van der Waals surface area contributed by atoms with Gasteiger partial charge in [-0.15, -0.1) is 0 Å². The molecule has 48 heavy (non-hydrogen) atoms. The number of methoxy groups -OCH3 is 4. The van der Waals surface area contributed by atoms with E-state index in [1.165, 1.54) is 6.20 Å². The zero-order chi connectivity index (χ0) is 33.9. The van der Waals surface area contributed by atoms with E-state index in [1.54, 1.807) is 50.4 Å². The molecule has 0 aliphatic rings. The Kier molecular flexibility index (Phi) is 11.3. The number of pyridine rings is 1. The minimum Gasteiger partial charge on any atom is -0.496 e. The van der Waals surface area contributed by atoms with Crippen molar-refractivity contribution in [2.24, 2.45) is 0 Å². The molecule has 5 rings (SSSR count). The average molecular weight is 646 g/mol. The fourth-order valence-corrected chi connectivity index (χ4v) is 5.58. The summed E-state index contributed by atoms with van der Waals surface area (Å²) < 4.78 is 22.4. The minimum absolute atomic E-state index is 0.139. The standard InChI is InChI=1S/C39H39N3O6/c1-45-34-17-9-5-13-29(34)24-41(25-30-14-6-10-18-35(30)46-2)38(43)28-21-22-40-33(23-28)39(44)42(26-31-15-7-11-19-36(31)47-3)27-32-16-8-12-20-37(32)48-4/h5-23H,24-27H2,1-4H3. The minimum atomic E-state index is -0.345. The summed E-state index contributed by atoms with van der Waals surface area (Å²) >= 11 is 0. The zero-order valence-corrected chi connectivity index (χ0v) is 27.6. The molecule has 0 saturated carbocycles. The topological polar surface area (TPSA) is 90.4 Å². The molecule has 0 bridgehead atoms. The van der Waals surface area contributed by atoms with Crippen LogP contribution < -0.4 is 18.9 Å². The Hall–Kier alpha value is -5.83. The van der Waals surface area contributed by atoms with Crippen molar-refractivity contribution in [2.75, 3.05) is 28.4 Å². The Morgan fingerprint density at radius 1 is 0.500 bits per heavy atom. The highest BCUT2D eigenvalue weighted by Gasteiger charge is 2.25. The Labute approximate surface area is 281 Å². The molecule has 1 heterocycles. The van der Waals surface area contributed by atoms with E-state index in [-0.39, 0.29) is 43.7 Å². The molecule has 0 aliphatic carbocycles. The highest BCUT2D eigenvalue weighted by Crippen LogP contribution is 2.27. The van der Waals surface area contributed by atoms with Crippen molar-refractivity contribution in [1.29, 1.82) is 0 Å². The SMILES string of the molecule is COc1ccccc1CN(Cc1ccccc1OC)C(=O)c1ccnc(C(=O)N(Cc2ccccc2OC)Cc2ccccc2OC)c1. The van der Waals surface area contributed by atoms with Gasteiger partial charge < -0.3 is 28.7 Å². The number of para-hydroxylation sites is 4. The first kappa shape index (κ1) is 33.5. The van der Waals surface area contributed by atoms with Gasteiger partial charge in [0.2, 0.25) is 0 Å². The summed E-state index contributed by atoms with van der Waals surface area (Å²) in [4.78, 5) is 36.4. The van der Waals surface area contributed by atoms with Crippen LogP contribution >= 0.6 is 0 Å². The first-order valence-corrected chi connectivity index (χ1v) is 15.5. The highest BCUT2D eigenvalue weighted by molar-refractivity contribution is 5.98. The average Bonchev–Trinajstić information content (AvgIpc) is 3.14. The molecule has 9 nitrogen and oxygen atoms in total. The second kappa shape index (κ2) is 16.1. The summed E-state index contributed by atoms with van der Waals surface area (Å²) in [6, 6.07) is 33.5. The summed E-state index contributed by atoms with van der Waals surface area (Å²) in [5.74, 6) is 2.05. The monoisotopic (exact) mass is 645 g/mol. The second-order valence-corrected chi connectivity index (χ2v) is 11.0. The smallest absolute Gasteiger partial charge is 0.273 e. The van der Waals surface area contributed by atoms with Crippen molar-refractivity contribution >= 4 is 11.8 Å². The summed E-state index contributed by atoms with van der Waals surface area (Å²) in [5.41, 5.74) is 3.81. The van der Waals surface area contributed by atoms with Crippen molar-refractivity contribution in [3.63, 3.8) is 0 Å². The van der Waals surface area contributed by atoms with Gasteiger partial charge in [0.15, 0.2) is 0 Å². The summed E-state index contributed by atoms with van der Waals surface area (Å²) in [6.45, 7) is 1.02. The lowest BCUT2D eigenvalue weighted by Gasteiger charge is -2.26. The molecule has 5 aromatic rings. The third kappa shape index (κ3) is 7.93. The number of hydrogen-bond donors (Lipinski definition) is 0. The zero-order valence-electron chi connectivity index (χ0n) is 27.6. The van der Waals surface area contributed by atoms with Crippen LogP contribution in [-0.4, -0.2) is 55.0 Å². The third-order valence-corrected chi connectivity index (χ3v) is 8.02. The molecule has 9 heteroatoms. The van der Waals surface area contributed by atoms with Gasteiger partial charge >= 0.3 is 0 Å². The van der Waals surface area contributed by atoms with Crippen LogP contribution in [0.15, 0.2) is 115 Å². The number of rotatable bonds is 14. The number of ether oxygens (including phenoxy) is 4. The van der Waals surface area contributed by atoms with Crippen LogP contribution in [0.25, 0.3) is 0 Å². The van der Waals surface area contributed by atoms with Crippen molar-refractivity contribution in [3.05, 3.63) is 149 Å².